The van der Waals surface area contributed by atoms with Gasteiger partial charge in [-0.3, -0.25) is 4.79 Å². The average Bonchev–Trinajstić information content (AvgIpc) is 2.29. The highest BCUT2D eigenvalue weighted by Crippen LogP contribution is 2.22. The van der Waals surface area contributed by atoms with Crippen LogP contribution in [0.3, 0.4) is 0 Å². The van der Waals surface area contributed by atoms with Crippen LogP contribution in [0.1, 0.15) is 32.1 Å². The molecule has 0 atom stereocenters. The van der Waals surface area contributed by atoms with Gasteiger partial charge in [0.15, 0.2) is 0 Å². The maximum atomic E-state index is 12.0. The summed E-state index contributed by atoms with van der Waals surface area (Å²) in [6.45, 7) is 1.00. The minimum Gasteiger partial charge on any atom is -0.370 e. The van der Waals surface area contributed by atoms with Gasteiger partial charge in [-0.2, -0.15) is 0 Å². The number of nitrogens with zero attached hydrogens (tertiary/aromatic N) is 1. The van der Waals surface area contributed by atoms with E-state index in [-0.39, 0.29) is 17.6 Å². The molecule has 1 aliphatic rings. The van der Waals surface area contributed by atoms with Crippen LogP contribution in [0.4, 0.5) is 0 Å². The number of piperidine rings is 1. The Labute approximate surface area is 114 Å². The van der Waals surface area contributed by atoms with Crippen LogP contribution in [-0.4, -0.2) is 43.4 Å². The van der Waals surface area contributed by atoms with E-state index in [1.54, 1.807) is 0 Å². The fourth-order valence-corrected chi connectivity index (χ4v) is 3.97. The molecule has 0 spiro atoms. The zero-order chi connectivity index (χ0) is 13.6. The molecule has 0 aromatic carbocycles. The number of halogens is 1. The standard InChI is InChI=1S/C11H21ClN2O3S/c12-5-1-2-8-18(16,17)14-6-3-10(4-7-14)9-11(13)15/h10H,1-9H2,(H2,13,15). The van der Waals surface area contributed by atoms with Crippen molar-refractivity contribution in [3.05, 3.63) is 0 Å². The van der Waals surface area contributed by atoms with Crippen LogP contribution in [-0.2, 0) is 14.8 Å². The first-order valence-electron chi connectivity index (χ1n) is 6.28. The van der Waals surface area contributed by atoms with Gasteiger partial charge in [-0.1, -0.05) is 0 Å². The van der Waals surface area contributed by atoms with Gasteiger partial charge in [0.2, 0.25) is 15.9 Å². The zero-order valence-electron chi connectivity index (χ0n) is 10.5. The molecule has 0 aliphatic carbocycles. The lowest BCUT2D eigenvalue weighted by Crippen LogP contribution is -2.40. The van der Waals surface area contributed by atoms with Gasteiger partial charge in [-0.05, 0) is 31.6 Å². The van der Waals surface area contributed by atoms with Gasteiger partial charge in [0.05, 0.1) is 5.75 Å². The van der Waals surface area contributed by atoms with Gasteiger partial charge in [0, 0.05) is 25.4 Å². The summed E-state index contributed by atoms with van der Waals surface area (Å²) in [6, 6.07) is 0. The minimum absolute atomic E-state index is 0.167. The number of unbranched alkanes of at least 4 members (excludes halogenated alkanes) is 1. The largest absolute Gasteiger partial charge is 0.370 e. The van der Waals surface area contributed by atoms with Crippen LogP contribution in [0.25, 0.3) is 0 Å². The van der Waals surface area contributed by atoms with E-state index in [1.807, 2.05) is 0 Å². The minimum atomic E-state index is -3.15. The van der Waals surface area contributed by atoms with Crippen LogP contribution in [0, 0.1) is 5.92 Å². The molecule has 1 saturated heterocycles. The Morgan fingerprint density at radius 2 is 1.89 bits per heavy atom. The first-order chi connectivity index (χ1) is 8.45. The van der Waals surface area contributed by atoms with Gasteiger partial charge in [0.25, 0.3) is 0 Å². The van der Waals surface area contributed by atoms with Gasteiger partial charge < -0.3 is 5.73 Å². The van der Waals surface area contributed by atoms with Crippen molar-refractivity contribution in [1.29, 1.82) is 0 Å². The monoisotopic (exact) mass is 296 g/mol. The number of hydrogen-bond acceptors (Lipinski definition) is 3. The van der Waals surface area contributed by atoms with E-state index in [1.165, 1.54) is 4.31 Å². The van der Waals surface area contributed by atoms with Crippen LogP contribution in [0.2, 0.25) is 0 Å². The van der Waals surface area contributed by atoms with E-state index >= 15 is 0 Å². The van der Waals surface area contributed by atoms with Crippen molar-refractivity contribution in [3.8, 4) is 0 Å². The molecule has 18 heavy (non-hydrogen) atoms. The number of rotatable bonds is 7. The van der Waals surface area contributed by atoms with E-state index in [0.29, 0.717) is 31.8 Å². The van der Waals surface area contributed by atoms with Gasteiger partial charge in [-0.25, -0.2) is 12.7 Å². The van der Waals surface area contributed by atoms with Crippen molar-refractivity contribution < 1.29 is 13.2 Å². The Balaban J connectivity index is 2.39. The second-order valence-corrected chi connectivity index (χ2v) is 7.19. The summed E-state index contributed by atoms with van der Waals surface area (Å²) in [5.74, 6) is 0.589. The highest BCUT2D eigenvalue weighted by molar-refractivity contribution is 7.89. The van der Waals surface area contributed by atoms with Crippen molar-refractivity contribution in [3.63, 3.8) is 0 Å². The molecule has 7 heteroatoms. The summed E-state index contributed by atoms with van der Waals surface area (Å²) in [7, 11) is -3.15. The maximum absolute atomic E-state index is 12.0. The summed E-state index contributed by atoms with van der Waals surface area (Å²) in [5.41, 5.74) is 5.14. The van der Waals surface area contributed by atoms with Gasteiger partial charge in [-0.15, -0.1) is 11.6 Å². The van der Waals surface area contributed by atoms with Crippen molar-refractivity contribution in [2.45, 2.75) is 32.1 Å². The number of hydrogen-bond donors (Lipinski definition) is 1. The summed E-state index contributed by atoms with van der Waals surface area (Å²) in [5, 5.41) is 0. The molecule has 0 unspecified atom stereocenters. The van der Waals surface area contributed by atoms with Crippen LogP contribution >= 0.6 is 11.6 Å². The lowest BCUT2D eigenvalue weighted by Gasteiger charge is -2.30. The van der Waals surface area contributed by atoms with E-state index in [0.717, 1.165) is 19.3 Å². The highest BCUT2D eigenvalue weighted by Gasteiger charge is 2.27. The predicted octanol–water partition coefficient (Wildman–Crippen LogP) is 0.923. The molecule has 106 valence electrons. The smallest absolute Gasteiger partial charge is 0.217 e. The maximum Gasteiger partial charge on any atom is 0.217 e. The van der Waals surface area contributed by atoms with Crippen molar-refractivity contribution in [1.82, 2.24) is 4.31 Å². The topological polar surface area (TPSA) is 80.5 Å². The number of carbonyl (C=O) groups excluding carboxylic acids is 1. The zero-order valence-corrected chi connectivity index (χ0v) is 12.0. The predicted molar refractivity (Wildman–Crippen MR) is 71.8 cm³/mol. The average molecular weight is 297 g/mol. The Bertz CT molecular complexity index is 364. The molecule has 1 rings (SSSR count). The second kappa shape index (κ2) is 7.31. The molecule has 0 radical (unpaired) electrons. The third-order valence-corrected chi connectivity index (χ3v) is 5.47. The molecule has 0 saturated carbocycles. The molecule has 2 N–H and O–H groups in total. The lowest BCUT2D eigenvalue weighted by atomic mass is 9.94. The van der Waals surface area contributed by atoms with Crippen LogP contribution in [0.5, 0.6) is 0 Å². The number of carbonyl (C=O) groups is 1. The molecular formula is C11H21ClN2O3S. The fourth-order valence-electron chi connectivity index (χ4n) is 2.18. The van der Waals surface area contributed by atoms with E-state index in [4.69, 9.17) is 17.3 Å². The molecule has 0 bridgehead atoms. The number of primary amides is 1. The van der Waals surface area contributed by atoms with Gasteiger partial charge in [0.1, 0.15) is 0 Å². The summed E-state index contributed by atoms with van der Waals surface area (Å²) in [4.78, 5) is 10.8. The Hall–Kier alpha value is -0.330. The molecule has 5 nitrogen and oxygen atoms in total. The molecular weight excluding hydrogens is 276 g/mol. The van der Waals surface area contributed by atoms with Crippen molar-refractivity contribution >= 4 is 27.5 Å². The Morgan fingerprint density at radius 1 is 1.28 bits per heavy atom. The normalized spacial score (nSPS) is 18.9. The van der Waals surface area contributed by atoms with E-state index < -0.39 is 10.0 Å². The molecule has 0 aromatic rings. The fraction of sp³-hybridized carbons (Fsp3) is 0.909. The third-order valence-electron chi connectivity index (χ3n) is 3.24. The van der Waals surface area contributed by atoms with Crippen molar-refractivity contribution in [2.75, 3.05) is 24.7 Å². The van der Waals surface area contributed by atoms with Crippen molar-refractivity contribution in [2.24, 2.45) is 11.7 Å². The summed E-state index contributed by atoms with van der Waals surface area (Å²) >= 11 is 5.53. The molecule has 1 amide bonds. The van der Waals surface area contributed by atoms with Crippen LogP contribution in [0.15, 0.2) is 0 Å². The first-order valence-corrected chi connectivity index (χ1v) is 8.42. The summed E-state index contributed by atoms with van der Waals surface area (Å²) in [6.07, 6.45) is 3.13. The molecule has 1 aliphatic heterocycles. The van der Waals surface area contributed by atoms with E-state index in [9.17, 15) is 13.2 Å². The summed E-state index contributed by atoms with van der Waals surface area (Å²) < 4.78 is 25.5. The number of nitrogens with two attached hydrogens (primary N) is 1. The van der Waals surface area contributed by atoms with Gasteiger partial charge >= 0.3 is 0 Å². The van der Waals surface area contributed by atoms with Crippen LogP contribution < -0.4 is 5.73 Å². The number of alkyl halides is 1. The SMILES string of the molecule is NC(=O)CC1CCN(S(=O)(=O)CCCCCl)CC1. The first kappa shape index (κ1) is 15.7. The quantitative estimate of drug-likeness (QED) is 0.560. The molecule has 1 fully saturated rings. The third kappa shape index (κ3) is 5.12. The molecule has 0 aromatic heterocycles. The number of amides is 1. The Kier molecular flexibility index (Phi) is 6.38. The highest BCUT2D eigenvalue weighted by atomic mass is 35.5. The molecule has 1 heterocycles. The Morgan fingerprint density at radius 3 is 2.39 bits per heavy atom. The van der Waals surface area contributed by atoms with E-state index in [2.05, 4.69) is 0 Å². The second-order valence-electron chi connectivity index (χ2n) is 4.72. The lowest BCUT2D eigenvalue weighted by molar-refractivity contribution is -0.119. The number of sulfonamides is 1.